The van der Waals surface area contributed by atoms with Crippen LogP contribution in [0.2, 0.25) is 0 Å². The first kappa shape index (κ1) is 22.0. The molecular weight excluding hydrogens is 442 g/mol. The van der Waals surface area contributed by atoms with E-state index in [1.807, 2.05) is 84.9 Å². The molecule has 0 saturated carbocycles. The number of hydrogen-bond donors (Lipinski definition) is 0. The van der Waals surface area contributed by atoms with Crippen molar-refractivity contribution < 1.29 is 23.8 Å². The maximum Gasteiger partial charge on any atom is 0.424 e. The Hall–Kier alpha value is -4.84. The van der Waals surface area contributed by atoms with Crippen molar-refractivity contribution >= 4 is 29.3 Å². The predicted octanol–water partition coefficient (Wildman–Crippen LogP) is 6.65. The number of anilines is 2. The molecule has 0 aliphatic carbocycles. The summed E-state index contributed by atoms with van der Waals surface area (Å²) in [5, 5.41) is 0. The summed E-state index contributed by atoms with van der Waals surface area (Å²) in [5.74, 6) is 1.13. The number of allylic oxidation sites excluding steroid dienone is 1. The molecule has 0 aromatic heterocycles. The van der Waals surface area contributed by atoms with E-state index in [9.17, 15) is 9.59 Å². The Morgan fingerprint density at radius 1 is 0.829 bits per heavy atom. The van der Waals surface area contributed by atoms with Gasteiger partial charge in [-0.05, 0) is 48.5 Å². The molecule has 4 aromatic rings. The van der Waals surface area contributed by atoms with Crippen LogP contribution in [0.1, 0.15) is 15.9 Å². The van der Waals surface area contributed by atoms with E-state index in [0.717, 1.165) is 5.56 Å². The van der Waals surface area contributed by atoms with E-state index in [1.54, 1.807) is 31.4 Å². The lowest BCUT2D eigenvalue weighted by atomic mass is 10.1. The average molecular weight is 463 g/mol. The predicted molar refractivity (Wildman–Crippen MR) is 133 cm³/mol. The molecule has 0 bridgehead atoms. The molecule has 6 nitrogen and oxygen atoms in total. The maximum absolute atomic E-state index is 13.2. The van der Waals surface area contributed by atoms with Gasteiger partial charge < -0.3 is 14.2 Å². The molecule has 0 fully saturated rings. The van der Waals surface area contributed by atoms with E-state index in [2.05, 4.69) is 0 Å². The second kappa shape index (κ2) is 9.57. The van der Waals surface area contributed by atoms with E-state index in [-0.39, 0.29) is 17.3 Å². The zero-order valence-electron chi connectivity index (χ0n) is 18.9. The standard InChI is InChI=1S/C29H21NO5/c1-33-25-15-9-8-10-20(25)18-27-28(31)24-17-16-23(19-26(24)35-27)34-29(32)30(21-11-4-2-5-12-21)22-13-6-3-7-14-22/h2-19H,1H3. The highest BCUT2D eigenvalue weighted by Gasteiger charge is 2.29. The normalized spacial score (nSPS) is 13.2. The fourth-order valence-corrected chi connectivity index (χ4v) is 3.82. The Balaban J connectivity index is 1.41. The fraction of sp³-hybridized carbons (Fsp3) is 0.0345. The molecule has 1 aliphatic heterocycles. The zero-order chi connectivity index (χ0) is 24.2. The summed E-state index contributed by atoms with van der Waals surface area (Å²) in [4.78, 5) is 27.6. The summed E-state index contributed by atoms with van der Waals surface area (Å²) >= 11 is 0. The molecule has 4 aromatic carbocycles. The van der Waals surface area contributed by atoms with Crippen LogP contribution in [0.5, 0.6) is 17.2 Å². The van der Waals surface area contributed by atoms with Crippen LogP contribution in [0.25, 0.3) is 6.08 Å². The number of benzene rings is 4. The van der Waals surface area contributed by atoms with Crippen molar-refractivity contribution in [2.45, 2.75) is 0 Å². The van der Waals surface area contributed by atoms with Crippen molar-refractivity contribution in [1.29, 1.82) is 0 Å². The minimum Gasteiger partial charge on any atom is -0.496 e. The summed E-state index contributed by atoms with van der Waals surface area (Å²) in [6.07, 6.45) is 1.05. The van der Waals surface area contributed by atoms with Gasteiger partial charge in [0, 0.05) is 11.6 Å². The second-order valence-corrected chi connectivity index (χ2v) is 7.71. The number of carbonyl (C=O) groups is 2. The Bertz CT molecular complexity index is 1370. The Morgan fingerprint density at radius 2 is 1.46 bits per heavy atom. The van der Waals surface area contributed by atoms with Gasteiger partial charge in [0.25, 0.3) is 0 Å². The molecular formula is C29H21NO5. The molecule has 0 saturated heterocycles. The number of Topliss-reactive ketones (excluding diaryl/α,β-unsaturated/α-hetero) is 1. The molecule has 1 aliphatic rings. The van der Waals surface area contributed by atoms with Crippen LogP contribution in [0.3, 0.4) is 0 Å². The summed E-state index contributed by atoms with van der Waals surface area (Å²) in [7, 11) is 1.57. The molecule has 0 radical (unpaired) electrons. The van der Waals surface area contributed by atoms with Gasteiger partial charge in [0.1, 0.15) is 17.2 Å². The van der Waals surface area contributed by atoms with E-state index in [0.29, 0.717) is 28.4 Å². The topological polar surface area (TPSA) is 65.1 Å². The van der Waals surface area contributed by atoms with E-state index in [1.165, 1.54) is 4.90 Å². The first-order chi connectivity index (χ1) is 17.1. The number of hydrogen-bond acceptors (Lipinski definition) is 5. The lowest BCUT2D eigenvalue weighted by molar-refractivity contribution is 0.101. The molecule has 0 unspecified atom stereocenters. The Labute approximate surface area is 202 Å². The number of fused-ring (bicyclic) bond motifs is 1. The fourth-order valence-electron chi connectivity index (χ4n) is 3.82. The van der Waals surface area contributed by atoms with Gasteiger partial charge >= 0.3 is 6.09 Å². The second-order valence-electron chi connectivity index (χ2n) is 7.71. The van der Waals surface area contributed by atoms with Crippen molar-refractivity contribution in [2.24, 2.45) is 0 Å². The molecule has 0 N–H and O–H groups in total. The number of ketones is 1. The molecule has 5 rings (SSSR count). The third-order valence-electron chi connectivity index (χ3n) is 5.48. The summed E-state index contributed by atoms with van der Waals surface area (Å²) < 4.78 is 16.9. The highest BCUT2D eigenvalue weighted by atomic mass is 16.6. The van der Waals surface area contributed by atoms with Crippen molar-refractivity contribution in [3.8, 4) is 17.2 Å². The molecule has 1 amide bonds. The zero-order valence-corrected chi connectivity index (χ0v) is 18.9. The molecule has 6 heteroatoms. The summed E-state index contributed by atoms with van der Waals surface area (Å²) in [6, 6.07) is 30.5. The van der Waals surface area contributed by atoms with Crippen LogP contribution in [0.15, 0.2) is 109 Å². The van der Waals surface area contributed by atoms with Gasteiger partial charge in [-0.1, -0.05) is 54.6 Å². The minimum atomic E-state index is -0.587. The van der Waals surface area contributed by atoms with Crippen LogP contribution in [-0.4, -0.2) is 19.0 Å². The van der Waals surface area contributed by atoms with E-state index in [4.69, 9.17) is 14.2 Å². The average Bonchev–Trinajstić information content (AvgIpc) is 3.20. The largest absolute Gasteiger partial charge is 0.496 e. The van der Waals surface area contributed by atoms with Crippen molar-refractivity contribution in [1.82, 2.24) is 0 Å². The van der Waals surface area contributed by atoms with Gasteiger partial charge in [-0.15, -0.1) is 0 Å². The number of amides is 1. The third-order valence-corrected chi connectivity index (χ3v) is 5.48. The molecule has 35 heavy (non-hydrogen) atoms. The van der Waals surface area contributed by atoms with Gasteiger partial charge in [0.05, 0.1) is 24.0 Å². The number of rotatable bonds is 5. The SMILES string of the molecule is COc1ccccc1C=C1Oc2cc(OC(=O)N(c3ccccc3)c3ccccc3)ccc2C1=O. The summed E-state index contributed by atoms with van der Waals surface area (Å²) in [5.41, 5.74) is 2.45. The van der Waals surface area contributed by atoms with Crippen LogP contribution in [-0.2, 0) is 0 Å². The van der Waals surface area contributed by atoms with Crippen LogP contribution in [0, 0.1) is 0 Å². The van der Waals surface area contributed by atoms with Crippen molar-refractivity contribution in [3.63, 3.8) is 0 Å². The number of ether oxygens (including phenoxy) is 3. The van der Waals surface area contributed by atoms with Gasteiger partial charge in [-0.25, -0.2) is 9.69 Å². The number of carbonyl (C=O) groups excluding carboxylic acids is 2. The highest BCUT2D eigenvalue weighted by Crippen LogP contribution is 2.36. The van der Waals surface area contributed by atoms with Crippen LogP contribution >= 0.6 is 0 Å². The van der Waals surface area contributed by atoms with Crippen LogP contribution in [0.4, 0.5) is 16.2 Å². The van der Waals surface area contributed by atoms with E-state index >= 15 is 0 Å². The number of methoxy groups -OCH3 is 1. The smallest absolute Gasteiger partial charge is 0.424 e. The van der Waals surface area contributed by atoms with Gasteiger partial charge in [-0.3, -0.25) is 4.79 Å². The monoisotopic (exact) mass is 463 g/mol. The van der Waals surface area contributed by atoms with Crippen LogP contribution < -0.4 is 19.1 Å². The van der Waals surface area contributed by atoms with Gasteiger partial charge in [-0.2, -0.15) is 0 Å². The third kappa shape index (κ3) is 4.50. The maximum atomic E-state index is 13.2. The Kier molecular flexibility index (Phi) is 6.01. The lowest BCUT2D eigenvalue weighted by Crippen LogP contribution is -2.29. The first-order valence-corrected chi connectivity index (χ1v) is 11.0. The molecule has 1 heterocycles. The number of nitrogens with zero attached hydrogens (tertiary/aromatic N) is 1. The lowest BCUT2D eigenvalue weighted by Gasteiger charge is -2.22. The quantitative estimate of drug-likeness (QED) is 0.310. The van der Waals surface area contributed by atoms with Crippen molar-refractivity contribution in [3.05, 3.63) is 120 Å². The summed E-state index contributed by atoms with van der Waals surface area (Å²) in [6.45, 7) is 0. The van der Waals surface area contributed by atoms with Crippen molar-refractivity contribution in [2.75, 3.05) is 12.0 Å². The van der Waals surface area contributed by atoms with E-state index < -0.39 is 6.09 Å². The van der Waals surface area contributed by atoms with Gasteiger partial charge in [0.2, 0.25) is 5.78 Å². The molecule has 0 spiro atoms. The first-order valence-electron chi connectivity index (χ1n) is 11.0. The molecule has 172 valence electrons. The number of para-hydroxylation sites is 3. The van der Waals surface area contributed by atoms with Gasteiger partial charge in [0.15, 0.2) is 5.76 Å². The molecule has 0 atom stereocenters. The highest BCUT2D eigenvalue weighted by molar-refractivity contribution is 6.14. The Morgan fingerprint density at radius 3 is 2.11 bits per heavy atom. The minimum absolute atomic E-state index is 0.170.